The standard InChI is InChI=1S/C9H11N3O3/c10-12-11-5-8(14)9(15)6-3-1-2-4-7(6)13/h1-4,8-9,13-15H,5H2. The van der Waals surface area contributed by atoms with Crippen molar-refractivity contribution in [3.05, 3.63) is 40.3 Å². The molecule has 3 N–H and O–H groups in total. The van der Waals surface area contributed by atoms with Gasteiger partial charge in [0.15, 0.2) is 0 Å². The largest absolute Gasteiger partial charge is 0.508 e. The van der Waals surface area contributed by atoms with Crippen LogP contribution in [0.4, 0.5) is 0 Å². The average molecular weight is 209 g/mol. The van der Waals surface area contributed by atoms with Crippen molar-refractivity contribution in [3.8, 4) is 5.75 Å². The summed E-state index contributed by atoms with van der Waals surface area (Å²) in [6.07, 6.45) is -2.49. The van der Waals surface area contributed by atoms with E-state index in [9.17, 15) is 15.3 Å². The number of phenols is 1. The minimum atomic E-state index is -1.27. The minimum absolute atomic E-state index is 0.106. The second-order valence-electron chi connectivity index (χ2n) is 2.98. The molecule has 0 fully saturated rings. The first kappa shape index (κ1) is 11.3. The number of para-hydroxylation sites is 1. The molecule has 0 heterocycles. The predicted molar refractivity (Wildman–Crippen MR) is 53.1 cm³/mol. The molecule has 0 radical (unpaired) electrons. The SMILES string of the molecule is [N-]=[N+]=NCC(O)C(O)c1ccccc1O. The maximum atomic E-state index is 9.60. The zero-order valence-electron chi connectivity index (χ0n) is 7.85. The zero-order valence-corrected chi connectivity index (χ0v) is 7.85. The molecule has 15 heavy (non-hydrogen) atoms. The maximum Gasteiger partial charge on any atom is 0.121 e. The van der Waals surface area contributed by atoms with Crippen LogP contribution in [0.3, 0.4) is 0 Å². The molecule has 0 aliphatic rings. The number of phenolic OH excluding ortho intramolecular Hbond substituents is 1. The molecule has 1 aromatic carbocycles. The molecule has 0 aliphatic heterocycles. The third-order valence-corrected chi connectivity index (χ3v) is 1.95. The summed E-state index contributed by atoms with van der Waals surface area (Å²) >= 11 is 0. The van der Waals surface area contributed by atoms with Gasteiger partial charge >= 0.3 is 0 Å². The summed E-state index contributed by atoms with van der Waals surface area (Å²) < 4.78 is 0. The van der Waals surface area contributed by atoms with E-state index in [-0.39, 0.29) is 17.9 Å². The van der Waals surface area contributed by atoms with Gasteiger partial charge in [0.25, 0.3) is 0 Å². The molecule has 80 valence electrons. The molecule has 2 unspecified atom stereocenters. The van der Waals surface area contributed by atoms with Crippen molar-refractivity contribution in [2.45, 2.75) is 12.2 Å². The van der Waals surface area contributed by atoms with Crippen molar-refractivity contribution in [3.63, 3.8) is 0 Å². The Kier molecular flexibility index (Phi) is 3.93. The lowest BCUT2D eigenvalue weighted by Crippen LogP contribution is -2.21. The van der Waals surface area contributed by atoms with Crippen LogP contribution in [0.2, 0.25) is 0 Å². The number of hydrogen-bond acceptors (Lipinski definition) is 4. The fourth-order valence-corrected chi connectivity index (χ4v) is 1.16. The van der Waals surface area contributed by atoms with Crippen molar-refractivity contribution in [2.75, 3.05) is 6.54 Å². The molecular weight excluding hydrogens is 198 g/mol. The molecule has 0 amide bonds. The summed E-state index contributed by atoms with van der Waals surface area (Å²) in [5.41, 5.74) is 8.24. The molecule has 0 saturated carbocycles. The van der Waals surface area contributed by atoms with Gasteiger partial charge in [0, 0.05) is 10.5 Å². The van der Waals surface area contributed by atoms with Crippen LogP contribution in [0.25, 0.3) is 10.4 Å². The molecule has 0 spiro atoms. The van der Waals surface area contributed by atoms with Gasteiger partial charge in [-0.2, -0.15) is 0 Å². The van der Waals surface area contributed by atoms with E-state index in [0.717, 1.165) is 0 Å². The van der Waals surface area contributed by atoms with Crippen molar-refractivity contribution in [1.29, 1.82) is 0 Å². The highest BCUT2D eigenvalue weighted by Gasteiger charge is 2.19. The highest BCUT2D eigenvalue weighted by Crippen LogP contribution is 2.25. The van der Waals surface area contributed by atoms with Crippen molar-refractivity contribution in [1.82, 2.24) is 0 Å². The first-order valence-corrected chi connectivity index (χ1v) is 4.31. The van der Waals surface area contributed by atoms with Gasteiger partial charge in [0.2, 0.25) is 0 Å². The number of aromatic hydroxyl groups is 1. The summed E-state index contributed by atoms with van der Waals surface area (Å²) in [6.45, 7) is -0.244. The second-order valence-corrected chi connectivity index (χ2v) is 2.98. The summed E-state index contributed by atoms with van der Waals surface area (Å²) in [5.74, 6) is -0.106. The van der Waals surface area contributed by atoms with E-state index in [1.54, 1.807) is 12.1 Å². The molecule has 0 bridgehead atoms. The summed E-state index contributed by atoms with van der Waals surface area (Å²) in [4.78, 5) is 2.47. The van der Waals surface area contributed by atoms with Gasteiger partial charge in [-0.05, 0) is 11.6 Å². The van der Waals surface area contributed by atoms with Gasteiger partial charge in [0.05, 0.1) is 12.6 Å². The third kappa shape index (κ3) is 2.85. The number of azide groups is 1. The van der Waals surface area contributed by atoms with Crippen LogP contribution < -0.4 is 0 Å². The lowest BCUT2D eigenvalue weighted by atomic mass is 10.0. The van der Waals surface area contributed by atoms with Crippen LogP contribution in [0, 0.1) is 0 Å². The van der Waals surface area contributed by atoms with E-state index in [1.807, 2.05) is 0 Å². The lowest BCUT2D eigenvalue weighted by molar-refractivity contribution is 0.0230. The minimum Gasteiger partial charge on any atom is -0.508 e. The second kappa shape index (κ2) is 5.21. The molecule has 6 nitrogen and oxygen atoms in total. The zero-order chi connectivity index (χ0) is 11.3. The Morgan fingerprint density at radius 2 is 2.00 bits per heavy atom. The molecule has 0 saturated heterocycles. The van der Waals surface area contributed by atoms with Gasteiger partial charge in [-0.1, -0.05) is 23.3 Å². The van der Waals surface area contributed by atoms with E-state index in [4.69, 9.17) is 5.53 Å². The Bertz CT molecular complexity index is 377. The molecule has 6 heteroatoms. The van der Waals surface area contributed by atoms with Gasteiger partial charge in [-0.15, -0.1) is 0 Å². The van der Waals surface area contributed by atoms with Gasteiger partial charge < -0.3 is 15.3 Å². The number of aliphatic hydroxyl groups is 2. The Labute approximate surface area is 86.0 Å². The van der Waals surface area contributed by atoms with Gasteiger partial charge in [0.1, 0.15) is 11.9 Å². The first-order chi connectivity index (χ1) is 7.16. The van der Waals surface area contributed by atoms with E-state index in [2.05, 4.69) is 10.0 Å². The smallest absolute Gasteiger partial charge is 0.121 e. The summed E-state index contributed by atoms with van der Waals surface area (Å²) in [5, 5.41) is 31.5. The number of hydrogen-bond donors (Lipinski definition) is 3. The normalized spacial score (nSPS) is 14.0. The van der Waals surface area contributed by atoms with E-state index in [1.165, 1.54) is 12.1 Å². The number of benzene rings is 1. The van der Waals surface area contributed by atoms with Crippen LogP contribution in [-0.2, 0) is 0 Å². The molecule has 2 atom stereocenters. The van der Waals surface area contributed by atoms with E-state index >= 15 is 0 Å². The first-order valence-electron chi connectivity index (χ1n) is 4.31. The van der Waals surface area contributed by atoms with Gasteiger partial charge in [-0.3, -0.25) is 0 Å². The Morgan fingerprint density at radius 1 is 1.33 bits per heavy atom. The van der Waals surface area contributed by atoms with Gasteiger partial charge in [-0.25, -0.2) is 0 Å². The predicted octanol–water partition coefficient (Wildman–Crippen LogP) is 1.10. The van der Waals surface area contributed by atoms with Crippen LogP contribution in [0.5, 0.6) is 5.75 Å². The maximum absolute atomic E-state index is 9.60. The van der Waals surface area contributed by atoms with E-state index < -0.39 is 12.2 Å². The fourth-order valence-electron chi connectivity index (χ4n) is 1.16. The summed E-state index contributed by atoms with van der Waals surface area (Å²) in [6, 6.07) is 6.11. The Balaban J connectivity index is 2.79. The van der Waals surface area contributed by atoms with Crippen molar-refractivity contribution in [2.24, 2.45) is 5.11 Å². The van der Waals surface area contributed by atoms with Crippen molar-refractivity contribution < 1.29 is 15.3 Å². The van der Waals surface area contributed by atoms with Crippen molar-refractivity contribution >= 4 is 0 Å². The number of nitrogens with zero attached hydrogens (tertiary/aromatic N) is 3. The lowest BCUT2D eigenvalue weighted by Gasteiger charge is -2.16. The summed E-state index contributed by atoms with van der Waals surface area (Å²) in [7, 11) is 0. The third-order valence-electron chi connectivity index (χ3n) is 1.95. The van der Waals surface area contributed by atoms with Crippen LogP contribution in [0.15, 0.2) is 29.4 Å². The molecule has 1 aromatic rings. The van der Waals surface area contributed by atoms with E-state index in [0.29, 0.717) is 0 Å². The van der Waals surface area contributed by atoms with Crippen LogP contribution in [-0.4, -0.2) is 28.0 Å². The molecule has 0 aliphatic carbocycles. The number of aliphatic hydroxyl groups excluding tert-OH is 2. The fraction of sp³-hybridized carbons (Fsp3) is 0.333. The van der Waals surface area contributed by atoms with Crippen LogP contribution >= 0.6 is 0 Å². The van der Waals surface area contributed by atoms with Crippen LogP contribution in [0.1, 0.15) is 11.7 Å². The Morgan fingerprint density at radius 3 is 2.60 bits per heavy atom. The highest BCUT2D eigenvalue weighted by molar-refractivity contribution is 5.34. The quantitative estimate of drug-likeness (QED) is 0.392. The number of rotatable bonds is 4. The topological polar surface area (TPSA) is 109 Å². The molecule has 0 aromatic heterocycles. The molecule has 1 rings (SSSR count). The monoisotopic (exact) mass is 209 g/mol. The highest BCUT2D eigenvalue weighted by atomic mass is 16.3. The Hall–Kier alpha value is -1.75. The molecular formula is C9H11N3O3. The average Bonchev–Trinajstić information content (AvgIpc) is 2.25.